The van der Waals surface area contributed by atoms with E-state index in [2.05, 4.69) is 45.2 Å². The van der Waals surface area contributed by atoms with Crippen LogP contribution >= 0.6 is 11.3 Å². The van der Waals surface area contributed by atoms with E-state index in [1.165, 1.54) is 0 Å². The van der Waals surface area contributed by atoms with Gasteiger partial charge in [-0.3, -0.25) is 4.79 Å². The minimum absolute atomic E-state index is 0.0658. The molecule has 146 valence electrons. The fraction of sp³-hybridized carbons (Fsp3) is 0.450. The highest BCUT2D eigenvalue weighted by molar-refractivity contribution is 7.09. The average molecular weight is 388 g/mol. The number of hydrogen-bond donors (Lipinski definition) is 3. The number of nitrogens with zero attached hydrogens (tertiary/aromatic N) is 2. The SMILES string of the molecule is CCNC(=NCc1nc(C(C)C)cs1)NCCc1cccc(C(=O)NC)c1. The number of hydrogen-bond acceptors (Lipinski definition) is 4. The number of carbonyl (C=O) groups is 1. The molecule has 0 aliphatic rings. The quantitative estimate of drug-likeness (QED) is 0.481. The summed E-state index contributed by atoms with van der Waals surface area (Å²) in [6.45, 7) is 8.44. The lowest BCUT2D eigenvalue weighted by molar-refractivity contribution is 0.0963. The van der Waals surface area contributed by atoms with E-state index in [0.717, 1.165) is 41.7 Å². The predicted molar refractivity (Wildman–Crippen MR) is 113 cm³/mol. The molecule has 27 heavy (non-hydrogen) atoms. The van der Waals surface area contributed by atoms with Crippen molar-refractivity contribution in [1.29, 1.82) is 0 Å². The second-order valence-electron chi connectivity index (χ2n) is 6.47. The Kier molecular flexibility index (Phi) is 8.26. The number of benzene rings is 1. The lowest BCUT2D eigenvalue weighted by Crippen LogP contribution is -2.38. The Labute approximate surface area is 165 Å². The third kappa shape index (κ3) is 6.67. The fourth-order valence-electron chi connectivity index (χ4n) is 2.49. The first-order chi connectivity index (χ1) is 13.0. The highest BCUT2D eigenvalue weighted by atomic mass is 32.1. The van der Waals surface area contributed by atoms with E-state index < -0.39 is 0 Å². The van der Waals surface area contributed by atoms with Crippen LogP contribution in [0.5, 0.6) is 0 Å². The van der Waals surface area contributed by atoms with Crippen molar-refractivity contribution in [2.75, 3.05) is 20.1 Å². The zero-order valence-electron chi connectivity index (χ0n) is 16.5. The third-order valence-electron chi connectivity index (χ3n) is 4.00. The minimum Gasteiger partial charge on any atom is -0.357 e. The van der Waals surface area contributed by atoms with Crippen LogP contribution in [-0.2, 0) is 13.0 Å². The molecule has 6 nitrogen and oxygen atoms in total. The van der Waals surface area contributed by atoms with Crippen molar-refractivity contribution >= 4 is 23.2 Å². The normalized spacial score (nSPS) is 11.5. The number of carbonyl (C=O) groups excluding carboxylic acids is 1. The predicted octanol–water partition coefficient (Wildman–Crippen LogP) is 2.92. The summed E-state index contributed by atoms with van der Waals surface area (Å²) >= 11 is 1.65. The molecule has 1 aromatic carbocycles. The van der Waals surface area contributed by atoms with Crippen LogP contribution in [0.3, 0.4) is 0 Å². The van der Waals surface area contributed by atoms with E-state index in [9.17, 15) is 4.79 Å². The maximum Gasteiger partial charge on any atom is 0.251 e. The van der Waals surface area contributed by atoms with Gasteiger partial charge in [0.25, 0.3) is 5.91 Å². The van der Waals surface area contributed by atoms with Gasteiger partial charge in [-0.15, -0.1) is 11.3 Å². The minimum atomic E-state index is -0.0658. The molecule has 3 N–H and O–H groups in total. The van der Waals surface area contributed by atoms with Gasteiger partial charge < -0.3 is 16.0 Å². The maximum atomic E-state index is 11.7. The third-order valence-corrected chi connectivity index (χ3v) is 4.85. The van der Waals surface area contributed by atoms with Crippen LogP contribution in [0, 0.1) is 0 Å². The van der Waals surface area contributed by atoms with Crippen LogP contribution in [0.15, 0.2) is 34.6 Å². The van der Waals surface area contributed by atoms with Gasteiger partial charge in [-0.05, 0) is 37.0 Å². The molecule has 0 saturated carbocycles. The Morgan fingerprint density at radius 1 is 1.30 bits per heavy atom. The number of guanidine groups is 1. The second kappa shape index (κ2) is 10.7. The van der Waals surface area contributed by atoms with Crippen LogP contribution in [0.1, 0.15) is 53.3 Å². The average Bonchev–Trinajstić information content (AvgIpc) is 3.15. The summed E-state index contributed by atoms with van der Waals surface area (Å²) in [6.07, 6.45) is 0.810. The molecule has 1 aromatic heterocycles. The van der Waals surface area contributed by atoms with Gasteiger partial charge in [0, 0.05) is 31.1 Å². The van der Waals surface area contributed by atoms with Crippen LogP contribution in [0.4, 0.5) is 0 Å². The van der Waals surface area contributed by atoms with Crippen molar-refractivity contribution in [2.24, 2.45) is 4.99 Å². The van der Waals surface area contributed by atoms with E-state index >= 15 is 0 Å². The summed E-state index contributed by atoms with van der Waals surface area (Å²) < 4.78 is 0. The smallest absolute Gasteiger partial charge is 0.251 e. The molecule has 1 amide bonds. The van der Waals surface area contributed by atoms with Gasteiger partial charge in [-0.25, -0.2) is 9.98 Å². The van der Waals surface area contributed by atoms with E-state index in [4.69, 9.17) is 0 Å². The van der Waals surface area contributed by atoms with Gasteiger partial charge >= 0.3 is 0 Å². The number of aromatic nitrogens is 1. The van der Waals surface area contributed by atoms with E-state index in [0.29, 0.717) is 18.0 Å². The Bertz CT molecular complexity index is 769. The van der Waals surface area contributed by atoms with E-state index in [-0.39, 0.29) is 5.91 Å². The van der Waals surface area contributed by atoms with Gasteiger partial charge in [0.05, 0.1) is 12.2 Å². The highest BCUT2D eigenvalue weighted by Crippen LogP contribution is 2.18. The zero-order chi connectivity index (χ0) is 19.6. The lowest BCUT2D eigenvalue weighted by atomic mass is 10.1. The summed E-state index contributed by atoms with van der Waals surface area (Å²) in [5, 5.41) is 12.4. The number of thiazole rings is 1. The highest BCUT2D eigenvalue weighted by Gasteiger charge is 2.06. The molecular formula is C20H29N5OS. The molecule has 0 aliphatic heterocycles. The standard InChI is InChI=1S/C20H29N5OS/c1-5-22-20(24-12-18-25-17(13-27-18)14(2)3)23-10-9-15-7-6-8-16(11-15)19(26)21-4/h6-8,11,13-14H,5,9-10,12H2,1-4H3,(H,21,26)(H2,22,23,24). The molecule has 0 radical (unpaired) electrons. The molecule has 0 unspecified atom stereocenters. The zero-order valence-corrected chi connectivity index (χ0v) is 17.3. The summed E-state index contributed by atoms with van der Waals surface area (Å²) in [5.41, 5.74) is 2.92. The summed E-state index contributed by atoms with van der Waals surface area (Å²) in [5.74, 6) is 1.15. The van der Waals surface area contributed by atoms with Crippen molar-refractivity contribution in [3.8, 4) is 0 Å². The Morgan fingerprint density at radius 2 is 2.11 bits per heavy atom. The summed E-state index contributed by atoms with van der Waals surface area (Å²) in [4.78, 5) is 21.0. The summed E-state index contributed by atoms with van der Waals surface area (Å²) in [6, 6.07) is 7.68. The first-order valence-electron chi connectivity index (χ1n) is 9.31. The number of amides is 1. The topological polar surface area (TPSA) is 78.4 Å². The molecule has 7 heteroatoms. The Morgan fingerprint density at radius 3 is 2.78 bits per heavy atom. The van der Waals surface area contributed by atoms with Gasteiger partial charge in [-0.2, -0.15) is 0 Å². The molecule has 2 rings (SSSR count). The van der Waals surface area contributed by atoms with Gasteiger partial charge in [0.1, 0.15) is 5.01 Å². The fourth-order valence-corrected chi connectivity index (χ4v) is 3.37. The number of aliphatic imine (C=N–C) groups is 1. The Balaban J connectivity index is 1.91. The number of nitrogens with one attached hydrogen (secondary N) is 3. The van der Waals surface area contributed by atoms with Crippen molar-refractivity contribution in [2.45, 2.75) is 39.7 Å². The van der Waals surface area contributed by atoms with Crippen LogP contribution < -0.4 is 16.0 Å². The molecular weight excluding hydrogens is 358 g/mol. The molecule has 0 fully saturated rings. The first-order valence-corrected chi connectivity index (χ1v) is 10.2. The molecule has 0 bridgehead atoms. The Hall–Kier alpha value is -2.41. The molecule has 0 aliphatic carbocycles. The van der Waals surface area contributed by atoms with Crippen LogP contribution in [0.2, 0.25) is 0 Å². The first kappa shape index (κ1) is 20.9. The van der Waals surface area contributed by atoms with Gasteiger partial charge in [0.2, 0.25) is 0 Å². The largest absolute Gasteiger partial charge is 0.357 e. The van der Waals surface area contributed by atoms with Crippen molar-refractivity contribution in [1.82, 2.24) is 20.9 Å². The van der Waals surface area contributed by atoms with Crippen molar-refractivity contribution in [3.63, 3.8) is 0 Å². The maximum absolute atomic E-state index is 11.7. The second-order valence-corrected chi connectivity index (χ2v) is 7.41. The molecule has 0 spiro atoms. The lowest BCUT2D eigenvalue weighted by Gasteiger charge is -2.11. The molecule has 2 aromatic rings. The van der Waals surface area contributed by atoms with E-state index in [1.807, 2.05) is 31.2 Å². The van der Waals surface area contributed by atoms with Crippen LogP contribution in [-0.4, -0.2) is 37.0 Å². The van der Waals surface area contributed by atoms with Crippen molar-refractivity contribution < 1.29 is 4.79 Å². The van der Waals surface area contributed by atoms with Gasteiger partial charge in [-0.1, -0.05) is 26.0 Å². The molecule has 0 saturated heterocycles. The molecule has 1 heterocycles. The molecule has 0 atom stereocenters. The summed E-state index contributed by atoms with van der Waals surface area (Å²) in [7, 11) is 1.64. The number of rotatable bonds is 8. The van der Waals surface area contributed by atoms with Crippen LogP contribution in [0.25, 0.3) is 0 Å². The van der Waals surface area contributed by atoms with Crippen molar-refractivity contribution in [3.05, 3.63) is 51.5 Å². The van der Waals surface area contributed by atoms with E-state index in [1.54, 1.807) is 18.4 Å². The van der Waals surface area contributed by atoms with Gasteiger partial charge in [0.15, 0.2) is 5.96 Å². The monoisotopic (exact) mass is 387 g/mol.